The quantitative estimate of drug-likeness (QED) is 0.882. The molecule has 0 saturated heterocycles. The molecule has 0 aliphatic heterocycles. The largest absolute Gasteiger partial charge is 0.493 e. The number of benzene rings is 1. The topological polar surface area (TPSA) is 30.5 Å². The van der Waals surface area contributed by atoms with Crippen molar-refractivity contribution in [1.29, 1.82) is 0 Å². The maximum atomic E-state index is 6.31. The molecule has 2 rings (SSSR count). The minimum absolute atomic E-state index is 0.583. The highest BCUT2D eigenvalue weighted by Crippen LogP contribution is 2.37. The minimum atomic E-state index is 0.583. The van der Waals surface area contributed by atoms with Crippen molar-refractivity contribution in [3.8, 4) is 11.5 Å². The number of nitrogens with one attached hydrogen (secondary N) is 1. The van der Waals surface area contributed by atoms with Gasteiger partial charge in [0.15, 0.2) is 11.5 Å². The molecule has 2 aromatic rings. The molecule has 0 atom stereocenters. The molecule has 0 unspecified atom stereocenters. The molecule has 0 fully saturated rings. The fraction of sp³-hybridized carbons (Fsp3) is 0.286. The van der Waals surface area contributed by atoms with Gasteiger partial charge in [-0.1, -0.05) is 23.7 Å². The lowest BCUT2D eigenvalue weighted by molar-refractivity contribution is 0.354. The molecule has 19 heavy (non-hydrogen) atoms. The normalized spacial score (nSPS) is 10.5. The van der Waals surface area contributed by atoms with Crippen LogP contribution in [-0.2, 0) is 13.1 Å². The molecular weight excluding hydrogens is 282 g/mol. The number of thiophene rings is 1. The highest BCUT2D eigenvalue weighted by molar-refractivity contribution is 7.09. The van der Waals surface area contributed by atoms with E-state index in [1.807, 2.05) is 18.2 Å². The Morgan fingerprint density at radius 3 is 2.63 bits per heavy atom. The monoisotopic (exact) mass is 297 g/mol. The van der Waals surface area contributed by atoms with Crippen LogP contribution < -0.4 is 14.8 Å². The Morgan fingerprint density at radius 2 is 2.00 bits per heavy atom. The molecule has 3 nitrogen and oxygen atoms in total. The van der Waals surface area contributed by atoms with Crippen LogP contribution in [0.5, 0.6) is 11.5 Å². The van der Waals surface area contributed by atoms with Crippen LogP contribution in [0.4, 0.5) is 0 Å². The second-order valence-electron chi connectivity index (χ2n) is 3.96. The Kier molecular flexibility index (Phi) is 5.07. The van der Waals surface area contributed by atoms with Gasteiger partial charge >= 0.3 is 0 Å². The number of rotatable bonds is 6. The van der Waals surface area contributed by atoms with E-state index in [2.05, 4.69) is 16.8 Å². The van der Waals surface area contributed by atoms with Crippen LogP contribution in [0.3, 0.4) is 0 Å². The maximum absolute atomic E-state index is 6.31. The van der Waals surface area contributed by atoms with Gasteiger partial charge in [-0.15, -0.1) is 11.3 Å². The molecule has 1 N–H and O–H groups in total. The lowest BCUT2D eigenvalue weighted by Gasteiger charge is -2.13. The summed E-state index contributed by atoms with van der Waals surface area (Å²) in [6.45, 7) is 1.53. The van der Waals surface area contributed by atoms with E-state index in [9.17, 15) is 0 Å². The Labute approximate surface area is 122 Å². The summed E-state index contributed by atoms with van der Waals surface area (Å²) in [6, 6.07) is 7.97. The van der Waals surface area contributed by atoms with Crippen molar-refractivity contribution in [1.82, 2.24) is 5.32 Å². The fourth-order valence-electron chi connectivity index (χ4n) is 1.80. The van der Waals surface area contributed by atoms with E-state index < -0.39 is 0 Å². The number of halogens is 1. The first-order chi connectivity index (χ1) is 9.26. The summed E-state index contributed by atoms with van der Waals surface area (Å²) < 4.78 is 10.5. The molecular formula is C14H16ClNO2S. The third kappa shape index (κ3) is 3.41. The van der Waals surface area contributed by atoms with Gasteiger partial charge in [-0.3, -0.25) is 0 Å². The zero-order valence-electron chi connectivity index (χ0n) is 10.9. The van der Waals surface area contributed by atoms with Crippen molar-refractivity contribution in [2.75, 3.05) is 14.2 Å². The predicted molar refractivity (Wildman–Crippen MR) is 79.4 cm³/mol. The first kappa shape index (κ1) is 14.2. The van der Waals surface area contributed by atoms with Gasteiger partial charge < -0.3 is 14.8 Å². The van der Waals surface area contributed by atoms with Crippen LogP contribution >= 0.6 is 22.9 Å². The summed E-state index contributed by atoms with van der Waals surface area (Å²) in [5.41, 5.74) is 0.996. The molecule has 0 aliphatic rings. The van der Waals surface area contributed by atoms with Crippen LogP contribution in [0.1, 0.15) is 10.4 Å². The molecule has 1 aromatic heterocycles. The van der Waals surface area contributed by atoms with E-state index in [4.69, 9.17) is 21.1 Å². The van der Waals surface area contributed by atoms with E-state index >= 15 is 0 Å². The number of hydrogen-bond donors (Lipinski definition) is 1. The second kappa shape index (κ2) is 6.80. The standard InChI is InChI=1S/C14H16ClNO2S/c1-17-12-6-5-10(13(15)14(12)18-2)8-16-9-11-4-3-7-19-11/h3-7,16H,8-9H2,1-2H3. The fourth-order valence-corrected chi connectivity index (χ4v) is 2.77. The molecule has 1 heterocycles. The number of methoxy groups -OCH3 is 2. The summed E-state index contributed by atoms with van der Waals surface area (Å²) in [7, 11) is 3.19. The third-order valence-corrected chi connectivity index (χ3v) is 4.05. The molecule has 0 bridgehead atoms. The van der Waals surface area contributed by atoms with Crippen LogP contribution in [0.15, 0.2) is 29.6 Å². The highest BCUT2D eigenvalue weighted by atomic mass is 35.5. The van der Waals surface area contributed by atoms with Gasteiger partial charge in [0.1, 0.15) is 0 Å². The summed E-state index contributed by atoms with van der Waals surface area (Å²) in [6.07, 6.45) is 0. The Morgan fingerprint density at radius 1 is 1.16 bits per heavy atom. The van der Waals surface area contributed by atoms with Crippen molar-refractivity contribution in [3.63, 3.8) is 0 Å². The molecule has 0 saturated carbocycles. The summed E-state index contributed by atoms with van der Waals surface area (Å²) in [4.78, 5) is 1.30. The van der Waals surface area contributed by atoms with Gasteiger partial charge in [0.25, 0.3) is 0 Å². The molecule has 102 valence electrons. The van der Waals surface area contributed by atoms with E-state index in [0.717, 1.165) is 12.1 Å². The Balaban J connectivity index is 2.04. The van der Waals surface area contributed by atoms with Gasteiger partial charge in [-0.25, -0.2) is 0 Å². The summed E-state index contributed by atoms with van der Waals surface area (Å²) in [5.74, 6) is 1.23. The van der Waals surface area contributed by atoms with E-state index in [-0.39, 0.29) is 0 Å². The van der Waals surface area contributed by atoms with Crippen molar-refractivity contribution in [3.05, 3.63) is 45.1 Å². The van der Waals surface area contributed by atoms with Crippen molar-refractivity contribution in [2.24, 2.45) is 0 Å². The van der Waals surface area contributed by atoms with Gasteiger partial charge in [0.05, 0.1) is 19.2 Å². The first-order valence-corrected chi connectivity index (χ1v) is 7.14. The van der Waals surface area contributed by atoms with Gasteiger partial charge in [0.2, 0.25) is 0 Å². The molecule has 1 aromatic carbocycles. The number of hydrogen-bond acceptors (Lipinski definition) is 4. The van der Waals surface area contributed by atoms with Crippen LogP contribution in [-0.4, -0.2) is 14.2 Å². The highest BCUT2D eigenvalue weighted by Gasteiger charge is 2.12. The molecule has 0 aliphatic carbocycles. The average Bonchev–Trinajstić information content (AvgIpc) is 2.93. The summed E-state index contributed by atoms with van der Waals surface area (Å²) >= 11 is 8.05. The van der Waals surface area contributed by atoms with E-state index in [0.29, 0.717) is 23.1 Å². The van der Waals surface area contributed by atoms with Crippen molar-refractivity contribution < 1.29 is 9.47 Å². The maximum Gasteiger partial charge on any atom is 0.179 e. The molecule has 0 amide bonds. The van der Waals surface area contributed by atoms with Gasteiger partial charge in [-0.05, 0) is 23.1 Å². The minimum Gasteiger partial charge on any atom is -0.493 e. The lowest BCUT2D eigenvalue weighted by Crippen LogP contribution is -2.12. The van der Waals surface area contributed by atoms with Crippen molar-refractivity contribution in [2.45, 2.75) is 13.1 Å². The van der Waals surface area contributed by atoms with Crippen LogP contribution in [0.25, 0.3) is 0 Å². The van der Waals surface area contributed by atoms with E-state index in [1.165, 1.54) is 4.88 Å². The summed E-state index contributed by atoms with van der Waals surface area (Å²) in [5, 5.41) is 6.03. The smallest absolute Gasteiger partial charge is 0.179 e. The second-order valence-corrected chi connectivity index (χ2v) is 5.37. The zero-order chi connectivity index (χ0) is 13.7. The molecule has 0 spiro atoms. The van der Waals surface area contributed by atoms with Crippen molar-refractivity contribution >= 4 is 22.9 Å². The van der Waals surface area contributed by atoms with Gasteiger partial charge in [0, 0.05) is 18.0 Å². The average molecular weight is 298 g/mol. The Hall–Kier alpha value is -1.23. The lowest BCUT2D eigenvalue weighted by atomic mass is 10.2. The van der Waals surface area contributed by atoms with Crippen LogP contribution in [0.2, 0.25) is 5.02 Å². The Bertz CT molecular complexity index is 528. The van der Waals surface area contributed by atoms with Crippen LogP contribution in [0, 0.1) is 0 Å². The molecule has 0 radical (unpaired) electrons. The van der Waals surface area contributed by atoms with Gasteiger partial charge in [-0.2, -0.15) is 0 Å². The zero-order valence-corrected chi connectivity index (χ0v) is 12.5. The third-order valence-electron chi connectivity index (χ3n) is 2.76. The first-order valence-electron chi connectivity index (χ1n) is 5.88. The predicted octanol–water partition coefficient (Wildman–Crippen LogP) is 3.71. The number of ether oxygens (including phenoxy) is 2. The molecule has 5 heteroatoms. The SMILES string of the molecule is COc1ccc(CNCc2cccs2)c(Cl)c1OC. The van der Waals surface area contributed by atoms with E-state index in [1.54, 1.807) is 25.6 Å².